The van der Waals surface area contributed by atoms with Crippen LogP contribution in [-0.2, 0) is 11.8 Å². The number of fused-ring (bicyclic) bond motifs is 1. The van der Waals surface area contributed by atoms with Crippen molar-refractivity contribution >= 4 is 22.6 Å². The molecule has 1 N–H and O–H groups in total. The van der Waals surface area contributed by atoms with Gasteiger partial charge in [-0.3, -0.25) is 0 Å². The van der Waals surface area contributed by atoms with Gasteiger partial charge in [-0.25, -0.2) is 0 Å². The quantitative estimate of drug-likeness (QED) is 0.691. The van der Waals surface area contributed by atoms with E-state index in [2.05, 4.69) is 46.7 Å². The first-order chi connectivity index (χ1) is 9.62. The fourth-order valence-corrected chi connectivity index (χ4v) is 5.75. The van der Waals surface area contributed by atoms with Crippen LogP contribution >= 0.6 is 22.6 Å². The molecule has 3 aliphatic rings. The fraction of sp³-hybridized carbons (Fsp3) is 0.647. The summed E-state index contributed by atoms with van der Waals surface area (Å²) in [6.45, 7) is 1.22. The number of phenolic OH excluding ortho intramolecular Hbond substituents is 1. The first-order valence-electron chi connectivity index (χ1n) is 7.84. The van der Waals surface area contributed by atoms with E-state index in [1.807, 2.05) is 0 Å². The Morgan fingerprint density at radius 3 is 3.00 bits per heavy atom. The molecule has 2 aliphatic carbocycles. The molecule has 20 heavy (non-hydrogen) atoms. The van der Waals surface area contributed by atoms with Crippen molar-refractivity contribution in [2.45, 2.75) is 50.0 Å². The predicted octanol–water partition coefficient (Wildman–Crippen LogP) is 3.69. The minimum absolute atomic E-state index is 0.366. The number of nitrogens with zero attached hydrogens (tertiary/aromatic N) is 1. The molecule has 3 heteroatoms. The molecular weight excluding hydrogens is 361 g/mol. The standard InChI is InChI=1S/C17H22INO/c1-19-7-6-17-5-3-2-4-12(17)15(19)9-11-8-14(18)16(20)10-13(11)17/h8,10,12,15,20H,2-7,9H2,1H3/t12?,15-,17-/m1/s1. The molecular formula is C17H22INO. The van der Waals surface area contributed by atoms with Gasteiger partial charge in [0.1, 0.15) is 5.75 Å². The van der Waals surface area contributed by atoms with Crippen molar-refractivity contribution in [1.82, 2.24) is 4.90 Å². The van der Waals surface area contributed by atoms with E-state index in [1.165, 1.54) is 56.2 Å². The Morgan fingerprint density at radius 1 is 1.30 bits per heavy atom. The summed E-state index contributed by atoms with van der Waals surface area (Å²) in [5.74, 6) is 1.29. The fourth-order valence-electron chi connectivity index (χ4n) is 5.21. The van der Waals surface area contributed by atoms with Crippen LogP contribution in [0.15, 0.2) is 12.1 Å². The van der Waals surface area contributed by atoms with Gasteiger partial charge in [0.05, 0.1) is 3.57 Å². The number of hydrogen-bond donors (Lipinski definition) is 1. The molecule has 1 aromatic rings. The minimum atomic E-state index is 0.366. The predicted molar refractivity (Wildman–Crippen MR) is 89.2 cm³/mol. The summed E-state index contributed by atoms with van der Waals surface area (Å²) in [7, 11) is 2.31. The first kappa shape index (κ1) is 13.4. The average Bonchev–Trinajstić information content (AvgIpc) is 2.45. The van der Waals surface area contributed by atoms with E-state index in [-0.39, 0.29) is 0 Å². The van der Waals surface area contributed by atoms with Crippen molar-refractivity contribution in [1.29, 1.82) is 0 Å². The molecule has 0 radical (unpaired) electrons. The van der Waals surface area contributed by atoms with Crippen LogP contribution in [0.1, 0.15) is 43.2 Å². The van der Waals surface area contributed by atoms with Gasteiger partial charge < -0.3 is 10.0 Å². The molecule has 4 rings (SSSR count). The van der Waals surface area contributed by atoms with E-state index in [9.17, 15) is 5.11 Å². The van der Waals surface area contributed by atoms with Gasteiger partial charge in [-0.1, -0.05) is 12.8 Å². The molecule has 1 aromatic carbocycles. The molecule has 2 nitrogen and oxygen atoms in total. The molecule has 1 heterocycles. The number of aromatic hydroxyl groups is 1. The molecule has 1 aliphatic heterocycles. The maximum absolute atomic E-state index is 10.2. The van der Waals surface area contributed by atoms with Crippen molar-refractivity contribution in [3.63, 3.8) is 0 Å². The Morgan fingerprint density at radius 2 is 2.15 bits per heavy atom. The van der Waals surface area contributed by atoms with Crippen molar-refractivity contribution in [3.8, 4) is 5.75 Å². The highest BCUT2D eigenvalue weighted by molar-refractivity contribution is 14.1. The van der Waals surface area contributed by atoms with E-state index >= 15 is 0 Å². The Bertz CT molecular complexity index is 558. The number of benzene rings is 1. The SMILES string of the molecule is CN1CC[C@]23CCCCC2[C@H]1Cc1cc(I)c(O)cc13. The number of phenols is 1. The number of hydrogen-bond acceptors (Lipinski definition) is 2. The summed E-state index contributed by atoms with van der Waals surface area (Å²) in [4.78, 5) is 2.59. The van der Waals surface area contributed by atoms with Crippen LogP contribution < -0.4 is 0 Å². The third-order valence-electron chi connectivity index (χ3n) is 6.18. The van der Waals surface area contributed by atoms with E-state index in [1.54, 1.807) is 0 Å². The summed E-state index contributed by atoms with van der Waals surface area (Å²) in [5.41, 5.74) is 3.36. The normalized spacial score (nSPS) is 36.3. The van der Waals surface area contributed by atoms with Crippen LogP contribution in [-0.4, -0.2) is 29.6 Å². The molecule has 1 saturated carbocycles. The summed E-state index contributed by atoms with van der Waals surface area (Å²) in [5, 5.41) is 10.2. The van der Waals surface area contributed by atoms with Crippen molar-refractivity contribution < 1.29 is 5.11 Å². The van der Waals surface area contributed by atoms with Gasteiger partial charge in [0, 0.05) is 11.5 Å². The largest absolute Gasteiger partial charge is 0.507 e. The van der Waals surface area contributed by atoms with Crippen LogP contribution in [0.5, 0.6) is 5.75 Å². The smallest absolute Gasteiger partial charge is 0.129 e. The Kier molecular flexibility index (Phi) is 3.08. The van der Waals surface area contributed by atoms with Gasteiger partial charge in [0.2, 0.25) is 0 Å². The second-order valence-electron chi connectivity index (χ2n) is 6.97. The average molecular weight is 383 g/mol. The zero-order valence-corrected chi connectivity index (χ0v) is 14.2. The zero-order chi connectivity index (χ0) is 13.9. The van der Waals surface area contributed by atoms with Gasteiger partial charge in [-0.05, 0) is 91.0 Å². The second kappa shape index (κ2) is 4.60. The summed E-state index contributed by atoms with van der Waals surface area (Å²) >= 11 is 2.26. The maximum atomic E-state index is 10.2. The van der Waals surface area contributed by atoms with Gasteiger partial charge in [0.15, 0.2) is 0 Å². The van der Waals surface area contributed by atoms with Gasteiger partial charge in [-0.15, -0.1) is 0 Å². The first-order valence-corrected chi connectivity index (χ1v) is 8.92. The highest BCUT2D eigenvalue weighted by Crippen LogP contribution is 2.56. The number of likely N-dealkylation sites (N-methyl/N-ethyl adjacent to an activating group) is 1. The van der Waals surface area contributed by atoms with Crippen LogP contribution in [0.3, 0.4) is 0 Å². The van der Waals surface area contributed by atoms with Crippen molar-refractivity contribution in [3.05, 3.63) is 26.8 Å². The molecule has 2 fully saturated rings. The van der Waals surface area contributed by atoms with E-state index in [4.69, 9.17) is 0 Å². The Labute approximate surface area is 134 Å². The highest BCUT2D eigenvalue weighted by Gasteiger charge is 2.53. The molecule has 0 spiro atoms. The zero-order valence-electron chi connectivity index (χ0n) is 12.0. The van der Waals surface area contributed by atoms with Crippen LogP contribution in [0, 0.1) is 9.49 Å². The lowest BCUT2D eigenvalue weighted by Crippen LogP contribution is -2.59. The molecule has 1 saturated heterocycles. The Hall–Kier alpha value is -0.290. The van der Waals surface area contributed by atoms with Crippen LogP contribution in [0.2, 0.25) is 0 Å². The van der Waals surface area contributed by atoms with Crippen molar-refractivity contribution in [2.24, 2.45) is 5.92 Å². The highest BCUT2D eigenvalue weighted by atomic mass is 127. The van der Waals surface area contributed by atoms with Gasteiger partial charge in [-0.2, -0.15) is 0 Å². The maximum Gasteiger partial charge on any atom is 0.129 e. The summed E-state index contributed by atoms with van der Waals surface area (Å²) in [6, 6.07) is 5.07. The molecule has 108 valence electrons. The third-order valence-corrected chi connectivity index (χ3v) is 7.04. The number of rotatable bonds is 0. The summed E-state index contributed by atoms with van der Waals surface area (Å²) in [6.07, 6.45) is 7.91. The van der Waals surface area contributed by atoms with Crippen LogP contribution in [0.25, 0.3) is 0 Å². The molecule has 1 unspecified atom stereocenters. The lowest BCUT2D eigenvalue weighted by Gasteiger charge is -2.58. The minimum Gasteiger partial charge on any atom is -0.507 e. The molecule has 2 bridgehead atoms. The lowest BCUT2D eigenvalue weighted by molar-refractivity contribution is 0.00270. The number of halogens is 1. The van der Waals surface area contributed by atoms with Crippen LogP contribution in [0.4, 0.5) is 0 Å². The van der Waals surface area contributed by atoms with E-state index in [0.717, 1.165) is 15.5 Å². The Balaban J connectivity index is 1.92. The monoisotopic (exact) mass is 383 g/mol. The number of likely N-dealkylation sites (tertiary alicyclic amines) is 1. The molecule has 0 aromatic heterocycles. The lowest BCUT2D eigenvalue weighted by atomic mass is 9.52. The van der Waals surface area contributed by atoms with E-state index < -0.39 is 0 Å². The van der Waals surface area contributed by atoms with E-state index in [0.29, 0.717) is 11.2 Å². The summed E-state index contributed by atoms with van der Waals surface area (Å²) < 4.78 is 1.01. The topological polar surface area (TPSA) is 23.5 Å². The third kappa shape index (κ3) is 1.71. The van der Waals surface area contributed by atoms with Gasteiger partial charge in [0.25, 0.3) is 0 Å². The molecule has 0 amide bonds. The number of piperidine rings is 1. The second-order valence-corrected chi connectivity index (χ2v) is 8.13. The molecule has 3 atom stereocenters. The van der Waals surface area contributed by atoms with Crippen molar-refractivity contribution in [2.75, 3.05) is 13.6 Å². The van der Waals surface area contributed by atoms with Gasteiger partial charge >= 0.3 is 0 Å².